The van der Waals surface area contributed by atoms with Crippen LogP contribution in [-0.2, 0) is 13.2 Å². The third-order valence-electron chi connectivity index (χ3n) is 2.86. The summed E-state index contributed by atoms with van der Waals surface area (Å²) in [6.45, 7) is 0. The average Bonchev–Trinajstić information content (AvgIpc) is 2.69. The summed E-state index contributed by atoms with van der Waals surface area (Å²) in [6.07, 6.45) is -4.46. The fraction of sp³-hybridized carbons (Fsp3) is 0.154. The normalized spacial score (nSPS) is 11.7. The van der Waals surface area contributed by atoms with Gasteiger partial charge in [0.1, 0.15) is 5.69 Å². The van der Waals surface area contributed by atoms with E-state index >= 15 is 0 Å². The summed E-state index contributed by atoms with van der Waals surface area (Å²) in [5.74, 6) is -1.13. The van der Waals surface area contributed by atoms with Crippen molar-refractivity contribution < 1.29 is 23.1 Å². The summed E-state index contributed by atoms with van der Waals surface area (Å²) in [4.78, 5) is 10.9. The molecule has 1 heterocycles. The van der Waals surface area contributed by atoms with Gasteiger partial charge in [-0.05, 0) is 35.9 Å². The van der Waals surface area contributed by atoms with E-state index in [1.807, 2.05) is 0 Å². The van der Waals surface area contributed by atoms with Gasteiger partial charge in [0.15, 0.2) is 0 Å². The largest absolute Gasteiger partial charge is 0.477 e. The summed E-state index contributed by atoms with van der Waals surface area (Å²) in [7, 11) is 1.49. The van der Waals surface area contributed by atoms with Crippen LogP contribution in [0.5, 0.6) is 0 Å². The van der Waals surface area contributed by atoms with Gasteiger partial charge in [0, 0.05) is 17.2 Å². The van der Waals surface area contributed by atoms with Crippen molar-refractivity contribution in [1.82, 2.24) is 4.57 Å². The number of rotatable bonds is 2. The second-order valence-electron chi connectivity index (χ2n) is 4.19. The van der Waals surface area contributed by atoms with Crippen molar-refractivity contribution in [3.63, 3.8) is 0 Å². The van der Waals surface area contributed by atoms with E-state index in [1.54, 1.807) is 0 Å². The second kappa shape index (κ2) is 4.97. The second-order valence-corrected chi connectivity index (χ2v) is 5.11. The predicted molar refractivity (Wildman–Crippen MR) is 70.5 cm³/mol. The molecule has 3 nitrogen and oxygen atoms in total. The molecule has 0 spiro atoms. The Morgan fingerprint density at radius 2 is 1.90 bits per heavy atom. The molecule has 1 aromatic heterocycles. The van der Waals surface area contributed by atoms with Crippen molar-refractivity contribution in [2.24, 2.45) is 7.05 Å². The van der Waals surface area contributed by atoms with E-state index in [0.717, 1.165) is 12.1 Å². The van der Waals surface area contributed by atoms with Crippen LogP contribution in [0.15, 0.2) is 34.8 Å². The van der Waals surface area contributed by atoms with Crippen molar-refractivity contribution in [3.05, 3.63) is 46.1 Å². The maximum atomic E-state index is 12.8. The number of aromatic nitrogens is 1. The summed E-state index contributed by atoms with van der Waals surface area (Å²) in [5, 5.41) is 8.95. The molecule has 0 aliphatic carbocycles. The Balaban J connectivity index is 2.59. The van der Waals surface area contributed by atoms with E-state index in [2.05, 4.69) is 15.9 Å². The molecule has 0 fully saturated rings. The zero-order chi connectivity index (χ0) is 15.1. The molecule has 0 saturated heterocycles. The quantitative estimate of drug-likeness (QED) is 0.885. The molecule has 20 heavy (non-hydrogen) atoms. The Kier molecular flexibility index (Phi) is 3.64. The van der Waals surface area contributed by atoms with Gasteiger partial charge in [-0.15, -0.1) is 0 Å². The molecule has 0 radical (unpaired) electrons. The minimum Gasteiger partial charge on any atom is -0.477 e. The van der Waals surface area contributed by atoms with Crippen molar-refractivity contribution in [2.75, 3.05) is 0 Å². The fourth-order valence-electron chi connectivity index (χ4n) is 1.92. The molecule has 7 heteroatoms. The first-order chi connectivity index (χ1) is 9.20. The van der Waals surface area contributed by atoms with Crippen molar-refractivity contribution >= 4 is 21.9 Å². The zero-order valence-electron chi connectivity index (χ0n) is 10.2. The molecule has 106 valence electrons. The molecule has 0 saturated carbocycles. The van der Waals surface area contributed by atoms with Crippen LogP contribution in [0.3, 0.4) is 0 Å². The number of hydrogen-bond acceptors (Lipinski definition) is 1. The Bertz CT molecular complexity index is 677. The predicted octanol–water partition coefficient (Wildman–Crippen LogP) is 4.17. The Morgan fingerprint density at radius 3 is 2.40 bits per heavy atom. The van der Waals surface area contributed by atoms with E-state index in [9.17, 15) is 18.0 Å². The van der Waals surface area contributed by atoms with Crippen LogP contribution in [-0.4, -0.2) is 15.6 Å². The molecular formula is C13H9BrF3NO2. The van der Waals surface area contributed by atoms with E-state index < -0.39 is 17.7 Å². The first kappa shape index (κ1) is 14.6. The van der Waals surface area contributed by atoms with Crippen LogP contribution in [0.4, 0.5) is 13.2 Å². The molecule has 1 aromatic carbocycles. The molecule has 0 aliphatic heterocycles. The lowest BCUT2D eigenvalue weighted by atomic mass is 10.1. The van der Waals surface area contributed by atoms with Crippen LogP contribution >= 0.6 is 15.9 Å². The Morgan fingerprint density at radius 1 is 1.25 bits per heavy atom. The van der Waals surface area contributed by atoms with Gasteiger partial charge in [-0.2, -0.15) is 13.2 Å². The first-order valence-corrected chi connectivity index (χ1v) is 6.26. The minimum absolute atomic E-state index is 0.00790. The highest BCUT2D eigenvalue weighted by molar-refractivity contribution is 9.10. The number of aromatic carboxylic acids is 1. The maximum Gasteiger partial charge on any atom is 0.416 e. The monoisotopic (exact) mass is 347 g/mol. The van der Waals surface area contributed by atoms with E-state index in [4.69, 9.17) is 5.11 Å². The summed E-state index contributed by atoms with van der Waals surface area (Å²) < 4.78 is 39.9. The van der Waals surface area contributed by atoms with Crippen LogP contribution < -0.4 is 0 Å². The Hall–Kier alpha value is -1.76. The molecule has 2 aromatic rings. The van der Waals surface area contributed by atoms with Gasteiger partial charge in [0.25, 0.3) is 0 Å². The smallest absolute Gasteiger partial charge is 0.416 e. The standard InChI is InChI=1S/C13H9BrF3NO2/c1-18-10(2-3-11(18)12(19)20)7-4-8(13(15,16)17)6-9(14)5-7/h2-6H,1H3,(H,19,20). The summed E-state index contributed by atoms with van der Waals surface area (Å²) in [5.41, 5.74) is -0.0932. The molecule has 0 amide bonds. The van der Waals surface area contributed by atoms with E-state index in [-0.39, 0.29) is 10.2 Å². The van der Waals surface area contributed by atoms with Gasteiger partial charge in [0.05, 0.1) is 5.56 Å². The van der Waals surface area contributed by atoms with Crippen LogP contribution in [0.1, 0.15) is 16.1 Å². The lowest BCUT2D eigenvalue weighted by Crippen LogP contribution is -2.07. The third kappa shape index (κ3) is 2.72. The van der Waals surface area contributed by atoms with E-state index in [0.29, 0.717) is 11.3 Å². The van der Waals surface area contributed by atoms with Gasteiger partial charge < -0.3 is 9.67 Å². The molecule has 0 bridgehead atoms. The van der Waals surface area contributed by atoms with Crippen molar-refractivity contribution in [1.29, 1.82) is 0 Å². The lowest BCUT2D eigenvalue weighted by molar-refractivity contribution is -0.137. The first-order valence-electron chi connectivity index (χ1n) is 5.47. The van der Waals surface area contributed by atoms with Gasteiger partial charge >= 0.3 is 12.1 Å². The molecule has 2 rings (SSSR count). The highest BCUT2D eigenvalue weighted by Gasteiger charge is 2.31. The number of alkyl halides is 3. The highest BCUT2D eigenvalue weighted by atomic mass is 79.9. The number of carboxylic acids is 1. The SMILES string of the molecule is Cn1c(C(=O)O)ccc1-c1cc(Br)cc(C(F)(F)F)c1. The zero-order valence-corrected chi connectivity index (χ0v) is 11.8. The van der Waals surface area contributed by atoms with Crippen molar-refractivity contribution in [3.8, 4) is 11.3 Å². The van der Waals surface area contributed by atoms with E-state index in [1.165, 1.54) is 29.8 Å². The van der Waals surface area contributed by atoms with Gasteiger partial charge in [-0.1, -0.05) is 15.9 Å². The van der Waals surface area contributed by atoms with Crippen LogP contribution in [0.25, 0.3) is 11.3 Å². The molecule has 0 unspecified atom stereocenters. The van der Waals surface area contributed by atoms with Crippen LogP contribution in [0.2, 0.25) is 0 Å². The number of nitrogens with zero attached hydrogens (tertiary/aromatic N) is 1. The fourth-order valence-corrected chi connectivity index (χ4v) is 2.41. The number of carboxylic acid groups (broad SMARTS) is 1. The molecule has 1 N–H and O–H groups in total. The number of benzene rings is 1. The van der Waals surface area contributed by atoms with Gasteiger partial charge in [0.2, 0.25) is 0 Å². The summed E-state index contributed by atoms with van der Waals surface area (Å²) in [6, 6.07) is 6.31. The molecule has 0 aliphatic rings. The topological polar surface area (TPSA) is 42.2 Å². The summed E-state index contributed by atoms with van der Waals surface area (Å²) >= 11 is 3.04. The maximum absolute atomic E-state index is 12.8. The number of halogens is 4. The number of hydrogen-bond donors (Lipinski definition) is 1. The number of carbonyl (C=O) groups is 1. The molecular weight excluding hydrogens is 339 g/mol. The van der Waals surface area contributed by atoms with Gasteiger partial charge in [-0.3, -0.25) is 0 Å². The lowest BCUT2D eigenvalue weighted by Gasteiger charge is -2.11. The van der Waals surface area contributed by atoms with Gasteiger partial charge in [-0.25, -0.2) is 4.79 Å². The molecule has 0 atom stereocenters. The minimum atomic E-state index is -4.46. The van der Waals surface area contributed by atoms with Crippen molar-refractivity contribution in [2.45, 2.75) is 6.18 Å². The highest BCUT2D eigenvalue weighted by Crippen LogP contribution is 2.35. The van der Waals surface area contributed by atoms with Crippen LogP contribution in [0, 0.1) is 0 Å². The Labute approximate surface area is 120 Å². The average molecular weight is 348 g/mol. The third-order valence-corrected chi connectivity index (χ3v) is 3.32.